The molecule has 0 spiro atoms. The topological polar surface area (TPSA) is 42.2 Å². The third kappa shape index (κ3) is 5.76. The maximum absolute atomic E-state index is 8.84. The molecule has 0 amide bonds. The quantitative estimate of drug-likeness (QED) is 0.632. The van der Waals surface area contributed by atoms with Gasteiger partial charge in [-0.15, -0.1) is 11.8 Å². The SMILES string of the molecule is N#CC1CSCCOCCOCCS1. The van der Waals surface area contributed by atoms with Crippen LogP contribution < -0.4 is 0 Å². The number of nitriles is 1. The summed E-state index contributed by atoms with van der Waals surface area (Å²) >= 11 is 3.48. The van der Waals surface area contributed by atoms with Crippen LogP contribution >= 0.6 is 23.5 Å². The molecule has 5 heteroatoms. The molecule has 0 aromatic carbocycles. The van der Waals surface area contributed by atoms with Crippen LogP contribution in [0.1, 0.15) is 0 Å². The molecule has 0 aliphatic carbocycles. The Morgan fingerprint density at radius 2 is 1.79 bits per heavy atom. The summed E-state index contributed by atoms with van der Waals surface area (Å²) in [4.78, 5) is 0. The summed E-state index contributed by atoms with van der Waals surface area (Å²) in [5.74, 6) is 2.77. The van der Waals surface area contributed by atoms with Crippen LogP contribution in [0.5, 0.6) is 0 Å². The lowest BCUT2D eigenvalue weighted by atomic mass is 10.5. The van der Waals surface area contributed by atoms with Gasteiger partial charge < -0.3 is 9.47 Å². The zero-order valence-electron chi connectivity index (χ0n) is 8.11. The van der Waals surface area contributed by atoms with Crippen LogP contribution in [-0.2, 0) is 9.47 Å². The first-order chi connectivity index (χ1) is 6.93. The van der Waals surface area contributed by atoms with Gasteiger partial charge in [0.2, 0.25) is 0 Å². The third-order valence-electron chi connectivity index (χ3n) is 1.70. The number of hydrogen-bond acceptors (Lipinski definition) is 5. The minimum Gasteiger partial charge on any atom is -0.378 e. The van der Waals surface area contributed by atoms with Crippen molar-refractivity contribution in [1.82, 2.24) is 0 Å². The summed E-state index contributed by atoms with van der Waals surface area (Å²) in [6, 6.07) is 2.30. The molecule has 0 saturated carbocycles. The lowest BCUT2D eigenvalue weighted by Crippen LogP contribution is -2.13. The van der Waals surface area contributed by atoms with E-state index in [1.54, 1.807) is 23.5 Å². The van der Waals surface area contributed by atoms with E-state index in [0.29, 0.717) is 13.2 Å². The van der Waals surface area contributed by atoms with Gasteiger partial charge in [-0.1, -0.05) is 0 Å². The Balaban J connectivity index is 2.21. The molecule has 0 aromatic heterocycles. The van der Waals surface area contributed by atoms with E-state index in [4.69, 9.17) is 14.7 Å². The highest BCUT2D eigenvalue weighted by atomic mass is 32.2. The average Bonchev–Trinajstić information content (AvgIpc) is 2.19. The highest BCUT2D eigenvalue weighted by molar-refractivity contribution is 8.03. The zero-order valence-corrected chi connectivity index (χ0v) is 9.74. The van der Waals surface area contributed by atoms with Crippen molar-refractivity contribution in [1.29, 1.82) is 5.26 Å². The summed E-state index contributed by atoms with van der Waals surface area (Å²) in [6.07, 6.45) is 0. The maximum atomic E-state index is 8.84. The molecular formula is C9H15NO2S2. The van der Waals surface area contributed by atoms with Crippen molar-refractivity contribution in [2.24, 2.45) is 0 Å². The zero-order chi connectivity index (χ0) is 10.1. The van der Waals surface area contributed by atoms with E-state index < -0.39 is 0 Å². The number of rotatable bonds is 0. The highest BCUT2D eigenvalue weighted by Gasteiger charge is 2.08. The van der Waals surface area contributed by atoms with Crippen LogP contribution in [0.2, 0.25) is 0 Å². The predicted octanol–water partition coefficient (Wildman–Crippen LogP) is 1.39. The first kappa shape index (κ1) is 12.2. The number of thioether (sulfide) groups is 2. The van der Waals surface area contributed by atoms with E-state index >= 15 is 0 Å². The maximum Gasteiger partial charge on any atom is 0.101 e. The molecule has 80 valence electrons. The Hall–Kier alpha value is 0.110. The first-order valence-electron chi connectivity index (χ1n) is 4.68. The lowest BCUT2D eigenvalue weighted by molar-refractivity contribution is 0.0604. The van der Waals surface area contributed by atoms with Gasteiger partial charge in [0.25, 0.3) is 0 Å². The Kier molecular flexibility index (Phi) is 7.33. The van der Waals surface area contributed by atoms with Crippen LogP contribution in [0.4, 0.5) is 0 Å². The van der Waals surface area contributed by atoms with Gasteiger partial charge in [0.1, 0.15) is 5.25 Å². The molecular weight excluding hydrogens is 218 g/mol. The Labute approximate surface area is 93.5 Å². The molecule has 0 aromatic rings. The van der Waals surface area contributed by atoms with Gasteiger partial charge in [-0.05, 0) is 0 Å². The van der Waals surface area contributed by atoms with Crippen molar-refractivity contribution in [3.05, 3.63) is 0 Å². The molecule has 1 unspecified atom stereocenters. The predicted molar refractivity (Wildman–Crippen MR) is 60.8 cm³/mol. The largest absolute Gasteiger partial charge is 0.378 e. The fourth-order valence-electron chi connectivity index (χ4n) is 1.00. The van der Waals surface area contributed by atoms with Gasteiger partial charge in [0, 0.05) is 17.3 Å². The van der Waals surface area contributed by atoms with E-state index in [9.17, 15) is 0 Å². The molecule has 1 aliphatic heterocycles. The van der Waals surface area contributed by atoms with Crippen LogP contribution in [0, 0.1) is 11.3 Å². The smallest absolute Gasteiger partial charge is 0.101 e. The second-order valence-electron chi connectivity index (χ2n) is 2.79. The molecule has 0 bridgehead atoms. The van der Waals surface area contributed by atoms with E-state index in [-0.39, 0.29) is 5.25 Å². The minimum absolute atomic E-state index is 0.100. The first-order valence-corrected chi connectivity index (χ1v) is 6.88. The monoisotopic (exact) mass is 233 g/mol. The molecule has 0 radical (unpaired) electrons. The van der Waals surface area contributed by atoms with E-state index in [1.165, 1.54) is 0 Å². The van der Waals surface area contributed by atoms with Crippen molar-refractivity contribution >= 4 is 23.5 Å². The van der Waals surface area contributed by atoms with Crippen molar-refractivity contribution in [3.8, 4) is 6.07 Å². The number of hydrogen-bond donors (Lipinski definition) is 0. The normalized spacial score (nSPS) is 26.9. The van der Waals surface area contributed by atoms with Gasteiger partial charge in [0.15, 0.2) is 0 Å². The Morgan fingerprint density at radius 1 is 1.07 bits per heavy atom. The molecule has 1 saturated heterocycles. The van der Waals surface area contributed by atoms with Crippen molar-refractivity contribution < 1.29 is 9.47 Å². The standard InChI is InChI=1S/C9H15NO2S2/c10-7-9-8-13-5-3-11-1-2-12-4-6-14-9/h9H,1-6,8H2. The van der Waals surface area contributed by atoms with Gasteiger partial charge in [-0.3, -0.25) is 0 Å². The number of nitrogens with zero attached hydrogens (tertiary/aromatic N) is 1. The molecule has 0 N–H and O–H groups in total. The van der Waals surface area contributed by atoms with Crippen LogP contribution in [-0.4, -0.2) is 48.9 Å². The average molecular weight is 233 g/mol. The fourth-order valence-corrected chi connectivity index (χ4v) is 2.94. The summed E-state index contributed by atoms with van der Waals surface area (Å²) < 4.78 is 10.7. The van der Waals surface area contributed by atoms with Crippen molar-refractivity contribution in [2.75, 3.05) is 43.7 Å². The molecule has 1 heterocycles. The van der Waals surface area contributed by atoms with E-state index in [0.717, 1.165) is 30.5 Å². The van der Waals surface area contributed by atoms with Crippen LogP contribution in [0.15, 0.2) is 0 Å². The summed E-state index contributed by atoms with van der Waals surface area (Å²) in [7, 11) is 0. The van der Waals surface area contributed by atoms with Crippen molar-refractivity contribution in [3.63, 3.8) is 0 Å². The van der Waals surface area contributed by atoms with Crippen molar-refractivity contribution in [2.45, 2.75) is 5.25 Å². The Bertz CT molecular complexity index is 172. The van der Waals surface area contributed by atoms with Gasteiger partial charge >= 0.3 is 0 Å². The van der Waals surface area contributed by atoms with Crippen LogP contribution in [0.3, 0.4) is 0 Å². The van der Waals surface area contributed by atoms with Gasteiger partial charge in [0.05, 0.1) is 32.5 Å². The lowest BCUT2D eigenvalue weighted by Gasteiger charge is -2.11. The van der Waals surface area contributed by atoms with Crippen LogP contribution in [0.25, 0.3) is 0 Å². The summed E-state index contributed by atoms with van der Waals surface area (Å²) in [6.45, 7) is 2.84. The number of ether oxygens (including phenoxy) is 2. The second-order valence-corrected chi connectivity index (χ2v) is 5.25. The molecule has 1 rings (SSSR count). The van der Waals surface area contributed by atoms with E-state index in [1.807, 2.05) is 0 Å². The molecule has 14 heavy (non-hydrogen) atoms. The second kappa shape index (κ2) is 8.42. The van der Waals surface area contributed by atoms with Gasteiger partial charge in [-0.25, -0.2) is 0 Å². The summed E-state index contributed by atoms with van der Waals surface area (Å²) in [5.41, 5.74) is 0. The van der Waals surface area contributed by atoms with E-state index in [2.05, 4.69) is 6.07 Å². The summed E-state index contributed by atoms with van der Waals surface area (Å²) in [5, 5.41) is 8.94. The molecule has 1 fully saturated rings. The molecule has 1 aliphatic rings. The Morgan fingerprint density at radius 3 is 2.50 bits per heavy atom. The molecule has 3 nitrogen and oxygen atoms in total. The molecule has 1 atom stereocenters. The highest BCUT2D eigenvalue weighted by Crippen LogP contribution is 2.16. The minimum atomic E-state index is 0.100. The fraction of sp³-hybridized carbons (Fsp3) is 0.889. The third-order valence-corrected chi connectivity index (χ3v) is 4.02. The van der Waals surface area contributed by atoms with Gasteiger partial charge in [-0.2, -0.15) is 17.0 Å².